The molecule has 0 fully saturated rings. The molecule has 1 N–H and O–H groups in total. The van der Waals surface area contributed by atoms with Crippen molar-refractivity contribution in [2.75, 3.05) is 10.8 Å². The highest BCUT2D eigenvalue weighted by atomic mass is 35.5. The number of carbonyl (C=O) groups is 1. The summed E-state index contributed by atoms with van der Waals surface area (Å²) >= 11 is 5.89. The van der Waals surface area contributed by atoms with Gasteiger partial charge in [0.05, 0.1) is 21.9 Å². The number of carboxylic acid groups (broad SMARTS) is 1. The number of aliphatic carboxylic acids is 1. The van der Waals surface area contributed by atoms with Crippen LogP contribution in [0.3, 0.4) is 0 Å². The number of non-ortho nitro benzene ring substituents is 1. The standard InChI is InChI=1S/C15H13ClN2O6S/c16-11-3-1-4-12(9-11)17(8-7-15(19)20)25(23,24)14-6-2-5-13(10-14)18(21)22/h1-6,9-10H,7-8H2,(H,19,20). The highest BCUT2D eigenvalue weighted by Gasteiger charge is 2.27. The van der Waals surface area contributed by atoms with Crippen LogP contribution in [0, 0.1) is 10.1 Å². The second-order valence-corrected chi connectivity index (χ2v) is 7.25. The molecule has 0 aromatic heterocycles. The van der Waals surface area contributed by atoms with Crippen LogP contribution in [0.2, 0.25) is 5.02 Å². The predicted octanol–water partition coefficient (Wildman–Crippen LogP) is 2.92. The van der Waals surface area contributed by atoms with Gasteiger partial charge in [0, 0.05) is 23.7 Å². The van der Waals surface area contributed by atoms with E-state index >= 15 is 0 Å². The molecule has 0 saturated carbocycles. The average molecular weight is 385 g/mol. The summed E-state index contributed by atoms with van der Waals surface area (Å²) in [5.41, 5.74) is -0.217. The van der Waals surface area contributed by atoms with Crippen molar-refractivity contribution in [3.05, 3.63) is 63.7 Å². The van der Waals surface area contributed by atoms with E-state index < -0.39 is 27.3 Å². The molecule has 0 saturated heterocycles. The third-order valence-corrected chi connectivity index (χ3v) is 5.30. The van der Waals surface area contributed by atoms with Crippen molar-refractivity contribution in [1.82, 2.24) is 0 Å². The Hall–Kier alpha value is -2.65. The number of benzene rings is 2. The summed E-state index contributed by atoms with van der Waals surface area (Å²) in [6, 6.07) is 10.4. The Balaban J connectivity index is 2.53. The summed E-state index contributed by atoms with van der Waals surface area (Å²) in [6.45, 7) is -0.347. The van der Waals surface area contributed by atoms with E-state index in [2.05, 4.69) is 0 Å². The van der Waals surface area contributed by atoms with Gasteiger partial charge >= 0.3 is 5.97 Å². The van der Waals surface area contributed by atoms with E-state index in [1.54, 1.807) is 6.07 Å². The Morgan fingerprint density at radius 3 is 2.48 bits per heavy atom. The molecule has 0 aliphatic heterocycles. The molecule has 2 aromatic rings. The lowest BCUT2D eigenvalue weighted by Gasteiger charge is -2.24. The van der Waals surface area contributed by atoms with Gasteiger partial charge in [-0.2, -0.15) is 0 Å². The van der Waals surface area contributed by atoms with E-state index in [-0.39, 0.29) is 27.8 Å². The van der Waals surface area contributed by atoms with Crippen molar-refractivity contribution >= 4 is 39.0 Å². The van der Waals surface area contributed by atoms with Crippen LogP contribution >= 0.6 is 11.6 Å². The molecular formula is C15H13ClN2O6S. The van der Waals surface area contributed by atoms with Gasteiger partial charge in [-0.3, -0.25) is 19.2 Å². The minimum absolute atomic E-state index is 0.167. The monoisotopic (exact) mass is 384 g/mol. The molecule has 25 heavy (non-hydrogen) atoms. The highest BCUT2D eigenvalue weighted by molar-refractivity contribution is 7.92. The van der Waals surface area contributed by atoms with E-state index in [1.165, 1.54) is 36.4 Å². The van der Waals surface area contributed by atoms with Gasteiger partial charge in [0.1, 0.15) is 0 Å². The molecule has 0 aliphatic rings. The number of anilines is 1. The van der Waals surface area contributed by atoms with Crippen molar-refractivity contribution in [3.63, 3.8) is 0 Å². The first-order valence-corrected chi connectivity index (χ1v) is 8.78. The summed E-state index contributed by atoms with van der Waals surface area (Å²) < 4.78 is 26.7. The smallest absolute Gasteiger partial charge is 0.305 e. The van der Waals surface area contributed by atoms with E-state index in [0.29, 0.717) is 0 Å². The van der Waals surface area contributed by atoms with Gasteiger partial charge in [-0.05, 0) is 24.3 Å². The molecule has 132 valence electrons. The van der Waals surface area contributed by atoms with Crippen LogP contribution < -0.4 is 4.31 Å². The van der Waals surface area contributed by atoms with Gasteiger partial charge in [-0.25, -0.2) is 8.42 Å². The minimum Gasteiger partial charge on any atom is -0.481 e. The Bertz CT molecular complexity index is 916. The minimum atomic E-state index is -4.22. The van der Waals surface area contributed by atoms with E-state index in [4.69, 9.17) is 16.7 Å². The average Bonchev–Trinajstić information content (AvgIpc) is 2.54. The molecule has 0 aliphatic carbocycles. The molecule has 0 atom stereocenters. The summed E-state index contributed by atoms with van der Waals surface area (Å²) in [6.07, 6.45) is -0.444. The fraction of sp³-hybridized carbons (Fsp3) is 0.133. The molecule has 0 radical (unpaired) electrons. The topological polar surface area (TPSA) is 118 Å². The number of nitro groups is 1. The van der Waals surface area contributed by atoms with Crippen LogP contribution in [-0.4, -0.2) is 31.0 Å². The van der Waals surface area contributed by atoms with Gasteiger partial charge in [0.25, 0.3) is 15.7 Å². The molecule has 8 nitrogen and oxygen atoms in total. The first-order valence-electron chi connectivity index (χ1n) is 6.96. The molecule has 0 unspecified atom stereocenters. The van der Waals surface area contributed by atoms with Crippen LogP contribution in [0.15, 0.2) is 53.4 Å². The SMILES string of the molecule is O=C(O)CCN(c1cccc(Cl)c1)S(=O)(=O)c1cccc([N+](=O)[O-])c1. The summed E-state index contributed by atoms with van der Waals surface area (Å²) in [4.78, 5) is 20.7. The van der Waals surface area contributed by atoms with Gasteiger partial charge in [-0.15, -0.1) is 0 Å². The number of carboxylic acids is 1. The number of sulfonamides is 1. The van der Waals surface area contributed by atoms with Gasteiger partial charge in [0.2, 0.25) is 0 Å². The lowest BCUT2D eigenvalue weighted by Crippen LogP contribution is -2.33. The quantitative estimate of drug-likeness (QED) is 0.579. The second-order valence-electron chi connectivity index (χ2n) is 4.96. The fourth-order valence-electron chi connectivity index (χ4n) is 2.10. The normalized spacial score (nSPS) is 11.1. The number of halogens is 1. The van der Waals surface area contributed by atoms with Crippen molar-refractivity contribution in [2.24, 2.45) is 0 Å². The third kappa shape index (κ3) is 4.46. The van der Waals surface area contributed by atoms with Gasteiger partial charge in [0.15, 0.2) is 0 Å². The largest absolute Gasteiger partial charge is 0.481 e. The number of hydrogen-bond acceptors (Lipinski definition) is 5. The summed E-state index contributed by atoms with van der Waals surface area (Å²) in [5.74, 6) is -1.18. The van der Waals surface area contributed by atoms with E-state index in [9.17, 15) is 23.3 Å². The maximum Gasteiger partial charge on any atom is 0.305 e. The zero-order chi connectivity index (χ0) is 18.6. The molecule has 0 bridgehead atoms. The Morgan fingerprint density at radius 1 is 1.20 bits per heavy atom. The number of hydrogen-bond donors (Lipinski definition) is 1. The molecule has 0 spiro atoms. The van der Waals surface area contributed by atoms with Crippen LogP contribution in [0.1, 0.15) is 6.42 Å². The Kier molecular flexibility index (Phi) is 5.60. The number of rotatable bonds is 7. The van der Waals surface area contributed by atoms with Gasteiger partial charge < -0.3 is 5.11 Å². The lowest BCUT2D eigenvalue weighted by atomic mass is 10.3. The maximum absolute atomic E-state index is 12.9. The van der Waals surface area contributed by atoms with Crippen LogP contribution in [0.4, 0.5) is 11.4 Å². The van der Waals surface area contributed by atoms with Crippen LogP contribution in [-0.2, 0) is 14.8 Å². The first-order chi connectivity index (χ1) is 11.7. The lowest BCUT2D eigenvalue weighted by molar-refractivity contribution is -0.385. The molecule has 0 heterocycles. The van der Waals surface area contributed by atoms with Crippen molar-refractivity contribution < 1.29 is 23.2 Å². The summed E-state index contributed by atoms with van der Waals surface area (Å²) in [5, 5.41) is 20.0. The Labute approximate surface area is 148 Å². The van der Waals surface area contributed by atoms with Crippen molar-refractivity contribution in [3.8, 4) is 0 Å². The van der Waals surface area contributed by atoms with Crippen LogP contribution in [0.5, 0.6) is 0 Å². The molecule has 0 amide bonds. The molecular weight excluding hydrogens is 372 g/mol. The number of nitro benzene ring substituents is 1. The predicted molar refractivity (Wildman–Crippen MR) is 91.3 cm³/mol. The highest BCUT2D eigenvalue weighted by Crippen LogP contribution is 2.28. The molecule has 2 rings (SSSR count). The summed E-state index contributed by atoms with van der Waals surface area (Å²) in [7, 11) is -4.22. The van der Waals surface area contributed by atoms with Gasteiger partial charge in [-0.1, -0.05) is 23.7 Å². The van der Waals surface area contributed by atoms with Crippen molar-refractivity contribution in [2.45, 2.75) is 11.3 Å². The van der Waals surface area contributed by atoms with E-state index in [1.807, 2.05) is 0 Å². The van der Waals surface area contributed by atoms with Crippen LogP contribution in [0.25, 0.3) is 0 Å². The van der Waals surface area contributed by atoms with E-state index in [0.717, 1.165) is 10.4 Å². The molecule has 2 aromatic carbocycles. The maximum atomic E-state index is 12.9. The second kappa shape index (κ2) is 7.49. The number of nitrogens with zero attached hydrogens (tertiary/aromatic N) is 2. The zero-order valence-corrected chi connectivity index (χ0v) is 14.3. The molecule has 10 heteroatoms. The fourth-order valence-corrected chi connectivity index (χ4v) is 3.78. The first kappa shape index (κ1) is 18.7. The third-order valence-electron chi connectivity index (χ3n) is 3.24. The zero-order valence-electron chi connectivity index (χ0n) is 12.7. The van der Waals surface area contributed by atoms with Crippen molar-refractivity contribution in [1.29, 1.82) is 0 Å². The Morgan fingerprint density at radius 2 is 1.88 bits per heavy atom.